The van der Waals surface area contributed by atoms with Gasteiger partial charge in [-0.1, -0.05) is 31.9 Å². The van der Waals surface area contributed by atoms with Gasteiger partial charge >= 0.3 is 11.9 Å². The second kappa shape index (κ2) is 7.14. The van der Waals surface area contributed by atoms with Crippen molar-refractivity contribution in [2.45, 2.75) is 39.2 Å². The molecule has 0 aliphatic heterocycles. The van der Waals surface area contributed by atoms with Crippen LogP contribution in [0.5, 0.6) is 0 Å². The highest BCUT2D eigenvalue weighted by molar-refractivity contribution is 6.31. The Bertz CT molecular complexity index is 471. The van der Waals surface area contributed by atoms with Gasteiger partial charge in [0.1, 0.15) is 6.10 Å². The number of carboxylic acids is 1. The number of carbonyl (C=O) groups is 2. The average molecular weight is 285 g/mol. The average Bonchev–Trinajstić information content (AvgIpc) is 2.37. The zero-order valence-electron chi connectivity index (χ0n) is 11.0. The van der Waals surface area contributed by atoms with Crippen molar-refractivity contribution < 1.29 is 19.4 Å². The zero-order valence-corrected chi connectivity index (χ0v) is 11.7. The van der Waals surface area contributed by atoms with Gasteiger partial charge in [-0.2, -0.15) is 0 Å². The summed E-state index contributed by atoms with van der Waals surface area (Å²) in [6.45, 7) is 3.93. The highest BCUT2D eigenvalue weighted by atomic mass is 35.5. The Morgan fingerprint density at radius 2 is 2.00 bits per heavy atom. The number of hydrogen-bond acceptors (Lipinski definition) is 3. The summed E-state index contributed by atoms with van der Waals surface area (Å²) in [5.41, 5.74) is -0.102. The van der Waals surface area contributed by atoms with E-state index in [-0.39, 0.29) is 22.3 Å². The minimum absolute atomic E-state index is 0.0338. The third-order valence-electron chi connectivity index (χ3n) is 2.77. The van der Waals surface area contributed by atoms with Gasteiger partial charge in [-0.25, -0.2) is 9.59 Å². The van der Waals surface area contributed by atoms with Crippen LogP contribution in [-0.2, 0) is 4.74 Å². The van der Waals surface area contributed by atoms with Crippen LogP contribution >= 0.6 is 11.6 Å². The van der Waals surface area contributed by atoms with Crippen molar-refractivity contribution in [1.82, 2.24) is 0 Å². The van der Waals surface area contributed by atoms with Gasteiger partial charge in [0.25, 0.3) is 0 Å². The fourth-order valence-electron chi connectivity index (χ4n) is 1.75. The van der Waals surface area contributed by atoms with Crippen LogP contribution in [0.25, 0.3) is 0 Å². The van der Waals surface area contributed by atoms with Crippen LogP contribution in [0.4, 0.5) is 0 Å². The first kappa shape index (κ1) is 15.5. The summed E-state index contributed by atoms with van der Waals surface area (Å²) >= 11 is 5.73. The van der Waals surface area contributed by atoms with Crippen LogP contribution < -0.4 is 0 Å². The van der Waals surface area contributed by atoms with E-state index in [9.17, 15) is 9.59 Å². The quantitative estimate of drug-likeness (QED) is 0.808. The number of hydrogen-bond donors (Lipinski definition) is 1. The molecule has 0 spiro atoms. The SMILES string of the molecule is CCCC(CC)OC(=O)c1ccc(Cl)cc1C(=O)O. The van der Waals surface area contributed by atoms with E-state index >= 15 is 0 Å². The highest BCUT2D eigenvalue weighted by Crippen LogP contribution is 2.19. The molecule has 0 saturated carbocycles. The van der Waals surface area contributed by atoms with Crippen LogP contribution in [0.2, 0.25) is 5.02 Å². The molecule has 1 rings (SSSR count). The van der Waals surface area contributed by atoms with Crippen molar-refractivity contribution in [3.63, 3.8) is 0 Å². The standard InChI is InChI=1S/C14H17ClO4/c1-3-5-10(4-2)19-14(18)11-7-6-9(15)8-12(11)13(16)17/h6-8,10H,3-5H2,1-2H3,(H,16,17). The molecule has 0 aliphatic rings. The first-order valence-corrected chi connectivity index (χ1v) is 6.61. The van der Waals surface area contributed by atoms with E-state index in [1.54, 1.807) is 0 Å². The van der Waals surface area contributed by atoms with Crippen molar-refractivity contribution in [2.24, 2.45) is 0 Å². The fourth-order valence-corrected chi connectivity index (χ4v) is 1.93. The van der Waals surface area contributed by atoms with Crippen LogP contribution in [-0.4, -0.2) is 23.1 Å². The molecule has 0 amide bonds. The minimum atomic E-state index is -1.20. The second-order valence-corrected chi connectivity index (χ2v) is 4.66. The summed E-state index contributed by atoms with van der Waals surface area (Å²) in [5, 5.41) is 9.34. The molecular formula is C14H17ClO4. The Hall–Kier alpha value is -1.55. The van der Waals surface area contributed by atoms with Gasteiger partial charge in [0.2, 0.25) is 0 Å². The van der Waals surface area contributed by atoms with Crippen molar-refractivity contribution in [1.29, 1.82) is 0 Å². The Morgan fingerprint density at radius 1 is 1.32 bits per heavy atom. The summed E-state index contributed by atoms with van der Waals surface area (Å²) in [6, 6.07) is 4.11. The first-order chi connectivity index (χ1) is 8.99. The molecule has 104 valence electrons. The molecule has 1 N–H and O–H groups in total. The lowest BCUT2D eigenvalue weighted by atomic mass is 10.1. The number of rotatable bonds is 6. The molecular weight excluding hydrogens is 268 g/mol. The zero-order chi connectivity index (χ0) is 14.4. The Balaban J connectivity index is 2.96. The molecule has 19 heavy (non-hydrogen) atoms. The first-order valence-electron chi connectivity index (χ1n) is 6.23. The predicted molar refractivity (Wildman–Crippen MR) is 72.8 cm³/mol. The number of aromatic carboxylic acids is 1. The van der Waals surface area contributed by atoms with Gasteiger partial charge in [-0.3, -0.25) is 0 Å². The molecule has 1 aromatic carbocycles. The molecule has 0 fully saturated rings. The van der Waals surface area contributed by atoms with E-state index < -0.39 is 11.9 Å². The molecule has 0 bridgehead atoms. The third-order valence-corrected chi connectivity index (χ3v) is 3.01. The number of carbonyl (C=O) groups excluding carboxylic acids is 1. The molecule has 0 heterocycles. The van der Waals surface area contributed by atoms with Crippen LogP contribution in [0, 0.1) is 0 Å². The number of carboxylic acid groups (broad SMARTS) is 1. The van der Waals surface area contributed by atoms with Gasteiger partial charge in [-0.15, -0.1) is 0 Å². The molecule has 5 heteroatoms. The van der Waals surface area contributed by atoms with Gasteiger partial charge in [0.15, 0.2) is 0 Å². The van der Waals surface area contributed by atoms with Crippen molar-refractivity contribution in [3.05, 3.63) is 34.3 Å². The van der Waals surface area contributed by atoms with Crippen LogP contribution in [0.15, 0.2) is 18.2 Å². The maximum atomic E-state index is 12.0. The summed E-state index contributed by atoms with van der Waals surface area (Å²) in [4.78, 5) is 23.1. The maximum absolute atomic E-state index is 12.0. The molecule has 1 aromatic rings. The lowest BCUT2D eigenvalue weighted by Gasteiger charge is -2.16. The van der Waals surface area contributed by atoms with E-state index in [4.69, 9.17) is 21.4 Å². The Morgan fingerprint density at radius 3 is 2.53 bits per heavy atom. The minimum Gasteiger partial charge on any atom is -0.478 e. The van der Waals surface area contributed by atoms with E-state index in [1.165, 1.54) is 18.2 Å². The summed E-state index contributed by atoms with van der Waals surface area (Å²) in [5.74, 6) is -1.81. The number of halogens is 1. The lowest BCUT2D eigenvalue weighted by molar-refractivity contribution is 0.0266. The maximum Gasteiger partial charge on any atom is 0.339 e. The molecule has 1 unspecified atom stereocenters. The molecule has 0 aromatic heterocycles. The van der Waals surface area contributed by atoms with E-state index in [0.29, 0.717) is 6.42 Å². The Kier molecular flexibility index (Phi) is 5.83. The van der Waals surface area contributed by atoms with E-state index in [1.807, 2.05) is 13.8 Å². The van der Waals surface area contributed by atoms with Crippen LogP contribution in [0.1, 0.15) is 53.8 Å². The monoisotopic (exact) mass is 284 g/mol. The van der Waals surface area contributed by atoms with Gasteiger partial charge in [0, 0.05) is 5.02 Å². The summed E-state index contributed by atoms with van der Waals surface area (Å²) in [6.07, 6.45) is 2.18. The Labute approximate surface area is 117 Å². The molecule has 4 nitrogen and oxygen atoms in total. The molecule has 0 saturated heterocycles. The fraction of sp³-hybridized carbons (Fsp3) is 0.429. The van der Waals surface area contributed by atoms with Gasteiger partial charge in [-0.05, 0) is 31.0 Å². The van der Waals surface area contributed by atoms with E-state index in [0.717, 1.165) is 12.8 Å². The molecule has 0 aliphatic carbocycles. The highest BCUT2D eigenvalue weighted by Gasteiger charge is 2.20. The van der Waals surface area contributed by atoms with E-state index in [2.05, 4.69) is 0 Å². The normalized spacial score (nSPS) is 11.9. The van der Waals surface area contributed by atoms with Crippen LogP contribution in [0.3, 0.4) is 0 Å². The van der Waals surface area contributed by atoms with Crippen molar-refractivity contribution in [2.75, 3.05) is 0 Å². The van der Waals surface area contributed by atoms with Gasteiger partial charge in [0.05, 0.1) is 11.1 Å². The number of benzene rings is 1. The lowest BCUT2D eigenvalue weighted by Crippen LogP contribution is -2.19. The number of ether oxygens (including phenoxy) is 1. The summed E-state index contributed by atoms with van der Waals surface area (Å²) < 4.78 is 5.31. The molecule has 1 atom stereocenters. The van der Waals surface area contributed by atoms with Gasteiger partial charge < -0.3 is 9.84 Å². The van der Waals surface area contributed by atoms with Crippen molar-refractivity contribution in [3.8, 4) is 0 Å². The summed E-state index contributed by atoms with van der Waals surface area (Å²) in [7, 11) is 0. The third kappa shape index (κ3) is 4.24. The number of esters is 1. The smallest absolute Gasteiger partial charge is 0.339 e. The second-order valence-electron chi connectivity index (χ2n) is 4.22. The topological polar surface area (TPSA) is 63.6 Å². The largest absolute Gasteiger partial charge is 0.478 e. The predicted octanol–water partition coefficient (Wildman–Crippen LogP) is 3.77. The molecule has 0 radical (unpaired) electrons. The van der Waals surface area contributed by atoms with Crippen molar-refractivity contribution >= 4 is 23.5 Å².